The van der Waals surface area contributed by atoms with Gasteiger partial charge in [-0.15, -0.1) is 0 Å². The van der Waals surface area contributed by atoms with Crippen molar-refractivity contribution in [2.45, 2.75) is 0 Å². The van der Waals surface area contributed by atoms with E-state index in [2.05, 4.69) is 0 Å². The molecule has 4 nitrogen and oxygen atoms in total. The molecule has 0 fully saturated rings. The summed E-state index contributed by atoms with van der Waals surface area (Å²) in [5.41, 5.74) is 1.45. The Morgan fingerprint density at radius 3 is 2.21 bits per heavy atom. The van der Waals surface area contributed by atoms with E-state index in [1.54, 1.807) is 54.6 Å². The zero-order chi connectivity index (χ0) is 19.8. The van der Waals surface area contributed by atoms with Crippen molar-refractivity contribution in [3.63, 3.8) is 0 Å². The summed E-state index contributed by atoms with van der Waals surface area (Å²) in [5.74, 6) is -0.229. The summed E-state index contributed by atoms with van der Waals surface area (Å²) in [7, 11) is 0. The van der Waals surface area contributed by atoms with E-state index < -0.39 is 5.97 Å². The number of ether oxygens (including phenoxy) is 2. The molecule has 0 unspecified atom stereocenters. The molecule has 3 aromatic rings. The topological polar surface area (TPSA) is 55.8 Å². The van der Waals surface area contributed by atoms with E-state index in [-0.39, 0.29) is 24.6 Å². The van der Waals surface area contributed by atoms with E-state index in [9.17, 15) is 14.3 Å². The second-order valence-electron chi connectivity index (χ2n) is 5.92. The van der Waals surface area contributed by atoms with Crippen LogP contribution in [-0.2, 0) is 4.79 Å². The lowest BCUT2D eigenvalue weighted by atomic mass is 10.0. The summed E-state index contributed by atoms with van der Waals surface area (Å²) in [6.45, 7) is 0.532. The molecule has 0 aliphatic rings. The van der Waals surface area contributed by atoms with Crippen LogP contribution in [0.5, 0.6) is 11.5 Å². The Morgan fingerprint density at radius 2 is 1.50 bits per heavy atom. The van der Waals surface area contributed by atoms with Gasteiger partial charge in [0.05, 0.1) is 5.57 Å². The summed E-state index contributed by atoms with van der Waals surface area (Å²) in [4.78, 5) is 11.7. The van der Waals surface area contributed by atoms with Gasteiger partial charge in [-0.1, -0.05) is 48.5 Å². The Morgan fingerprint density at radius 1 is 0.857 bits per heavy atom. The third-order valence-electron chi connectivity index (χ3n) is 3.96. The Balaban J connectivity index is 1.70. The number of benzene rings is 3. The maximum absolute atomic E-state index is 12.9. The van der Waals surface area contributed by atoms with E-state index in [1.807, 2.05) is 18.2 Å². The molecule has 0 heterocycles. The molecule has 0 saturated carbocycles. The number of halogens is 1. The van der Waals surface area contributed by atoms with Gasteiger partial charge < -0.3 is 14.6 Å². The predicted molar refractivity (Wildman–Crippen MR) is 106 cm³/mol. The molecule has 142 valence electrons. The quantitative estimate of drug-likeness (QED) is 0.344. The summed E-state index contributed by atoms with van der Waals surface area (Å²) < 4.78 is 24.2. The van der Waals surface area contributed by atoms with Crippen LogP contribution in [0.25, 0.3) is 11.6 Å². The highest BCUT2D eigenvalue weighted by Crippen LogP contribution is 2.25. The average Bonchev–Trinajstić information content (AvgIpc) is 2.72. The Hall–Kier alpha value is -3.60. The van der Waals surface area contributed by atoms with E-state index in [0.29, 0.717) is 22.6 Å². The monoisotopic (exact) mass is 378 g/mol. The standard InChI is InChI=1S/C23H19FO4/c24-19-10-12-20(13-11-19)27-14-15-28-22-9-5-4-8-18(22)16-21(23(25)26)17-6-2-1-3-7-17/h1-13,16H,14-15H2,(H,25,26)/b21-16-. The van der Waals surface area contributed by atoms with Gasteiger partial charge in [-0.05, 0) is 42.0 Å². The molecule has 5 heteroatoms. The van der Waals surface area contributed by atoms with Crippen molar-refractivity contribution in [1.29, 1.82) is 0 Å². The highest BCUT2D eigenvalue weighted by atomic mass is 19.1. The normalized spacial score (nSPS) is 11.1. The van der Waals surface area contributed by atoms with Gasteiger partial charge in [0.1, 0.15) is 30.5 Å². The zero-order valence-electron chi connectivity index (χ0n) is 15.0. The lowest BCUT2D eigenvalue weighted by molar-refractivity contribution is -0.130. The lowest BCUT2D eigenvalue weighted by Crippen LogP contribution is -2.09. The summed E-state index contributed by atoms with van der Waals surface area (Å²) in [6, 6.07) is 21.9. The van der Waals surface area contributed by atoms with Crippen LogP contribution >= 0.6 is 0 Å². The van der Waals surface area contributed by atoms with Crippen LogP contribution < -0.4 is 9.47 Å². The van der Waals surface area contributed by atoms with Crippen molar-refractivity contribution in [2.24, 2.45) is 0 Å². The van der Waals surface area contributed by atoms with Gasteiger partial charge in [0.2, 0.25) is 0 Å². The minimum absolute atomic E-state index is 0.180. The van der Waals surface area contributed by atoms with Gasteiger partial charge in [0.25, 0.3) is 0 Å². The molecule has 1 N–H and O–H groups in total. The molecular formula is C23H19FO4. The second kappa shape index (κ2) is 9.37. The van der Waals surface area contributed by atoms with E-state index in [0.717, 1.165) is 0 Å². The molecule has 0 amide bonds. The SMILES string of the molecule is O=C(O)/C(=C\c1ccccc1OCCOc1ccc(F)cc1)c1ccccc1. The number of rotatable bonds is 8. The molecule has 0 aliphatic heterocycles. The number of aliphatic carboxylic acids is 1. The van der Waals surface area contributed by atoms with Crippen molar-refractivity contribution >= 4 is 17.6 Å². The van der Waals surface area contributed by atoms with Crippen molar-refractivity contribution < 1.29 is 23.8 Å². The van der Waals surface area contributed by atoms with Gasteiger partial charge >= 0.3 is 5.97 Å². The van der Waals surface area contributed by atoms with Crippen LogP contribution in [0.2, 0.25) is 0 Å². The van der Waals surface area contributed by atoms with E-state index in [1.165, 1.54) is 12.1 Å². The fraction of sp³-hybridized carbons (Fsp3) is 0.0870. The van der Waals surface area contributed by atoms with E-state index >= 15 is 0 Å². The van der Waals surface area contributed by atoms with Crippen molar-refractivity contribution in [3.05, 3.63) is 95.8 Å². The van der Waals surface area contributed by atoms with Crippen molar-refractivity contribution in [3.8, 4) is 11.5 Å². The number of hydrogen-bond donors (Lipinski definition) is 1. The largest absolute Gasteiger partial charge is 0.490 e. The minimum Gasteiger partial charge on any atom is -0.490 e. The lowest BCUT2D eigenvalue weighted by Gasteiger charge is -2.11. The van der Waals surface area contributed by atoms with Gasteiger partial charge in [-0.25, -0.2) is 9.18 Å². The van der Waals surface area contributed by atoms with Gasteiger partial charge in [0.15, 0.2) is 0 Å². The number of carboxylic acids is 1. The Labute approximate surface area is 162 Å². The number of hydrogen-bond acceptors (Lipinski definition) is 3. The highest BCUT2D eigenvalue weighted by Gasteiger charge is 2.11. The number of carboxylic acid groups (broad SMARTS) is 1. The highest BCUT2D eigenvalue weighted by molar-refractivity contribution is 6.20. The second-order valence-corrected chi connectivity index (χ2v) is 5.92. The molecular weight excluding hydrogens is 359 g/mol. The Bertz CT molecular complexity index is 950. The molecule has 0 aromatic heterocycles. The van der Waals surface area contributed by atoms with E-state index in [4.69, 9.17) is 9.47 Å². The Kier molecular flexibility index (Phi) is 6.41. The summed E-state index contributed by atoms with van der Waals surface area (Å²) in [5, 5.41) is 9.58. The molecule has 0 atom stereocenters. The first kappa shape index (κ1) is 19.2. The predicted octanol–water partition coefficient (Wildman–Crippen LogP) is 4.91. The molecule has 28 heavy (non-hydrogen) atoms. The number of para-hydroxylation sites is 1. The molecule has 0 saturated heterocycles. The minimum atomic E-state index is -1.01. The first-order valence-corrected chi connectivity index (χ1v) is 8.74. The fourth-order valence-corrected chi connectivity index (χ4v) is 2.61. The third kappa shape index (κ3) is 5.20. The van der Waals surface area contributed by atoms with Gasteiger partial charge in [-0.3, -0.25) is 0 Å². The van der Waals surface area contributed by atoms with Crippen LogP contribution in [0.4, 0.5) is 4.39 Å². The maximum Gasteiger partial charge on any atom is 0.336 e. The molecule has 0 bridgehead atoms. The van der Waals surface area contributed by atoms with Crippen LogP contribution in [-0.4, -0.2) is 24.3 Å². The molecule has 0 radical (unpaired) electrons. The number of carbonyl (C=O) groups is 1. The molecule has 3 rings (SSSR count). The smallest absolute Gasteiger partial charge is 0.336 e. The summed E-state index contributed by atoms with van der Waals surface area (Å²) >= 11 is 0. The van der Waals surface area contributed by atoms with Crippen molar-refractivity contribution in [2.75, 3.05) is 13.2 Å². The van der Waals surface area contributed by atoms with Gasteiger partial charge in [0, 0.05) is 5.56 Å². The molecule has 0 spiro atoms. The third-order valence-corrected chi connectivity index (χ3v) is 3.96. The molecule has 0 aliphatic carbocycles. The van der Waals surface area contributed by atoms with Crippen molar-refractivity contribution in [1.82, 2.24) is 0 Å². The fourth-order valence-electron chi connectivity index (χ4n) is 2.61. The molecule has 3 aromatic carbocycles. The van der Waals surface area contributed by atoms with Crippen LogP contribution in [0, 0.1) is 5.82 Å². The maximum atomic E-state index is 12.9. The average molecular weight is 378 g/mol. The zero-order valence-corrected chi connectivity index (χ0v) is 15.0. The first-order valence-electron chi connectivity index (χ1n) is 8.74. The van der Waals surface area contributed by atoms with Crippen LogP contribution in [0.3, 0.4) is 0 Å². The first-order chi connectivity index (χ1) is 13.6. The van der Waals surface area contributed by atoms with Crippen LogP contribution in [0.15, 0.2) is 78.9 Å². The summed E-state index contributed by atoms with van der Waals surface area (Å²) in [6.07, 6.45) is 1.59. The van der Waals surface area contributed by atoms with Gasteiger partial charge in [-0.2, -0.15) is 0 Å². The van der Waals surface area contributed by atoms with Crippen LogP contribution in [0.1, 0.15) is 11.1 Å².